The van der Waals surface area contributed by atoms with Crippen LogP contribution in [0.4, 0.5) is 5.69 Å². The van der Waals surface area contributed by atoms with E-state index < -0.39 is 0 Å². The van der Waals surface area contributed by atoms with Crippen LogP contribution in [0.1, 0.15) is 5.56 Å². The summed E-state index contributed by atoms with van der Waals surface area (Å²) in [5.74, 6) is 0. The smallest absolute Gasteiger partial charge is 0.0701 e. The van der Waals surface area contributed by atoms with Crippen LogP contribution in [-0.2, 0) is 0 Å². The van der Waals surface area contributed by atoms with Gasteiger partial charge in [-0.25, -0.2) is 0 Å². The lowest BCUT2D eigenvalue weighted by atomic mass is 10.1. The van der Waals surface area contributed by atoms with Gasteiger partial charge in [-0.1, -0.05) is 54.6 Å². The van der Waals surface area contributed by atoms with Crippen LogP contribution in [0, 0.1) is 0 Å². The van der Waals surface area contributed by atoms with Gasteiger partial charge in [0.25, 0.3) is 0 Å². The first-order chi connectivity index (χ1) is 11.4. The van der Waals surface area contributed by atoms with Gasteiger partial charge in [0, 0.05) is 30.4 Å². The Balaban J connectivity index is 0.000000140. The molecular weight excluding hydrogens is 284 g/mol. The summed E-state index contributed by atoms with van der Waals surface area (Å²) in [5.41, 5.74) is 3.52. The number of anilines is 1. The van der Waals surface area contributed by atoms with E-state index in [0.717, 1.165) is 12.1 Å². The average Bonchev–Trinajstić information content (AvgIpc) is 2.63. The fourth-order valence-corrected chi connectivity index (χ4v) is 2.67. The summed E-state index contributed by atoms with van der Waals surface area (Å²) in [6.45, 7) is 1.82. The Bertz CT molecular complexity index is 733. The van der Waals surface area contributed by atoms with E-state index in [4.69, 9.17) is 5.11 Å². The molecule has 0 saturated carbocycles. The summed E-state index contributed by atoms with van der Waals surface area (Å²) in [6.07, 6.45) is 6.06. The molecule has 1 aliphatic rings. The van der Waals surface area contributed by atoms with E-state index in [1.807, 2.05) is 42.6 Å². The van der Waals surface area contributed by atoms with Crippen molar-refractivity contribution in [1.82, 2.24) is 4.98 Å². The molecule has 3 heteroatoms. The third-order valence-corrected chi connectivity index (χ3v) is 3.78. The van der Waals surface area contributed by atoms with Crippen LogP contribution in [0.2, 0.25) is 0 Å². The van der Waals surface area contributed by atoms with Gasteiger partial charge in [-0.05, 0) is 23.8 Å². The molecule has 0 fully saturated rings. The minimum absolute atomic E-state index is 0.210. The lowest BCUT2D eigenvalue weighted by Gasteiger charge is -2.27. The van der Waals surface area contributed by atoms with E-state index in [-0.39, 0.29) is 6.61 Å². The molecule has 0 radical (unpaired) electrons. The molecule has 0 unspecified atom stereocenters. The summed E-state index contributed by atoms with van der Waals surface area (Å²) in [7, 11) is 0. The summed E-state index contributed by atoms with van der Waals surface area (Å²) < 4.78 is 0. The van der Waals surface area contributed by atoms with E-state index in [0.29, 0.717) is 6.54 Å². The summed E-state index contributed by atoms with van der Waals surface area (Å²) >= 11 is 0. The van der Waals surface area contributed by atoms with Crippen LogP contribution >= 0.6 is 0 Å². The van der Waals surface area contributed by atoms with Gasteiger partial charge in [0.1, 0.15) is 0 Å². The van der Waals surface area contributed by atoms with Crippen LogP contribution in [-0.4, -0.2) is 29.8 Å². The summed E-state index contributed by atoms with van der Waals surface area (Å²) in [6, 6.07) is 20.3. The summed E-state index contributed by atoms with van der Waals surface area (Å²) in [4.78, 5) is 6.36. The number of pyridine rings is 1. The molecule has 4 rings (SSSR count). The van der Waals surface area contributed by atoms with Gasteiger partial charge in [0.15, 0.2) is 0 Å². The minimum Gasteiger partial charge on any atom is -0.395 e. The molecule has 1 aliphatic heterocycles. The van der Waals surface area contributed by atoms with Crippen LogP contribution in [0.25, 0.3) is 17.0 Å². The van der Waals surface area contributed by atoms with Crippen LogP contribution in [0.15, 0.2) is 72.9 Å². The number of hydrogen-bond donors (Lipinski definition) is 1. The number of aromatic nitrogens is 1. The first kappa shape index (κ1) is 15.3. The lowest BCUT2D eigenvalue weighted by molar-refractivity contribution is 0.303. The Morgan fingerprint density at radius 1 is 0.957 bits per heavy atom. The van der Waals surface area contributed by atoms with Gasteiger partial charge >= 0.3 is 0 Å². The second-order valence-corrected chi connectivity index (χ2v) is 5.33. The third kappa shape index (κ3) is 3.76. The predicted molar refractivity (Wildman–Crippen MR) is 96.5 cm³/mol. The van der Waals surface area contributed by atoms with Crippen molar-refractivity contribution in [3.8, 4) is 0 Å². The third-order valence-electron chi connectivity index (χ3n) is 3.78. The summed E-state index contributed by atoms with van der Waals surface area (Å²) in [5, 5.41) is 10.1. The second-order valence-electron chi connectivity index (χ2n) is 5.33. The van der Waals surface area contributed by atoms with E-state index >= 15 is 0 Å². The van der Waals surface area contributed by atoms with Gasteiger partial charge < -0.3 is 10.0 Å². The average molecular weight is 304 g/mol. The van der Waals surface area contributed by atoms with Crippen molar-refractivity contribution in [3.05, 3.63) is 78.5 Å². The van der Waals surface area contributed by atoms with E-state index in [1.54, 1.807) is 0 Å². The standard InChI is InChI=1S/C11H13NO.C9H7N/c13-9-8-12-7-3-5-10-4-1-2-6-11(10)12;1-2-6-9-8(4-1)5-3-7-10-9/h1-6,13H,7-9H2;1-7H. The van der Waals surface area contributed by atoms with Crippen molar-refractivity contribution < 1.29 is 5.11 Å². The largest absolute Gasteiger partial charge is 0.395 e. The Morgan fingerprint density at radius 2 is 1.74 bits per heavy atom. The van der Waals surface area contributed by atoms with Crippen molar-refractivity contribution in [2.24, 2.45) is 0 Å². The molecule has 2 aromatic carbocycles. The van der Waals surface area contributed by atoms with Crippen molar-refractivity contribution in [3.63, 3.8) is 0 Å². The molecule has 2 heterocycles. The molecule has 1 N–H and O–H groups in total. The fraction of sp³-hybridized carbons (Fsp3) is 0.150. The zero-order valence-electron chi connectivity index (χ0n) is 13.0. The lowest BCUT2D eigenvalue weighted by Crippen LogP contribution is -2.28. The quantitative estimate of drug-likeness (QED) is 0.783. The van der Waals surface area contributed by atoms with Gasteiger partial charge in [-0.15, -0.1) is 0 Å². The van der Waals surface area contributed by atoms with Crippen LogP contribution in [0.5, 0.6) is 0 Å². The number of aliphatic hydroxyl groups is 1. The number of benzene rings is 2. The molecule has 0 bridgehead atoms. The first-order valence-electron chi connectivity index (χ1n) is 7.79. The first-order valence-corrected chi connectivity index (χ1v) is 7.79. The highest BCUT2D eigenvalue weighted by Crippen LogP contribution is 2.24. The highest BCUT2D eigenvalue weighted by Gasteiger charge is 2.10. The zero-order chi connectivity index (χ0) is 15.9. The van der Waals surface area contributed by atoms with Crippen LogP contribution in [0.3, 0.4) is 0 Å². The van der Waals surface area contributed by atoms with Crippen molar-refractivity contribution in [1.29, 1.82) is 0 Å². The molecule has 23 heavy (non-hydrogen) atoms. The van der Waals surface area contributed by atoms with E-state index in [1.165, 1.54) is 16.6 Å². The maximum Gasteiger partial charge on any atom is 0.0701 e. The normalized spacial score (nSPS) is 12.5. The number of para-hydroxylation sites is 2. The maximum atomic E-state index is 8.88. The predicted octanol–water partition coefficient (Wildman–Crippen LogP) is 3.75. The maximum absolute atomic E-state index is 8.88. The molecule has 3 nitrogen and oxygen atoms in total. The Kier molecular flexibility index (Phi) is 5.02. The zero-order valence-corrected chi connectivity index (χ0v) is 13.0. The number of β-amino-alcohol motifs (C(OH)–C–C–N with tert-alkyl or cyclic N) is 1. The molecule has 0 amide bonds. The van der Waals surface area contributed by atoms with Crippen molar-refractivity contribution in [2.45, 2.75) is 0 Å². The monoisotopic (exact) mass is 304 g/mol. The molecule has 3 aromatic rings. The molecule has 116 valence electrons. The van der Waals surface area contributed by atoms with Crippen molar-refractivity contribution in [2.75, 3.05) is 24.6 Å². The number of hydrogen-bond acceptors (Lipinski definition) is 3. The molecule has 1 aromatic heterocycles. The number of rotatable bonds is 2. The topological polar surface area (TPSA) is 36.4 Å². The van der Waals surface area contributed by atoms with E-state index in [2.05, 4.69) is 46.3 Å². The molecule has 0 atom stereocenters. The fourth-order valence-electron chi connectivity index (χ4n) is 2.67. The van der Waals surface area contributed by atoms with Gasteiger partial charge in [0.05, 0.1) is 12.1 Å². The van der Waals surface area contributed by atoms with Crippen molar-refractivity contribution >= 4 is 22.7 Å². The Morgan fingerprint density at radius 3 is 2.61 bits per heavy atom. The van der Waals surface area contributed by atoms with E-state index in [9.17, 15) is 0 Å². The second kappa shape index (κ2) is 7.56. The molecule has 0 saturated heterocycles. The molecular formula is C20H20N2O. The number of fused-ring (bicyclic) bond motifs is 2. The van der Waals surface area contributed by atoms with Gasteiger partial charge in [0.2, 0.25) is 0 Å². The Labute approximate surface area is 136 Å². The number of nitrogens with zero attached hydrogens (tertiary/aromatic N) is 2. The number of aliphatic hydroxyl groups excluding tert-OH is 1. The minimum atomic E-state index is 0.210. The molecule has 0 aliphatic carbocycles. The van der Waals surface area contributed by atoms with Gasteiger partial charge in [-0.3, -0.25) is 4.98 Å². The highest BCUT2D eigenvalue weighted by atomic mass is 16.3. The van der Waals surface area contributed by atoms with Gasteiger partial charge in [-0.2, -0.15) is 0 Å². The van der Waals surface area contributed by atoms with Crippen LogP contribution < -0.4 is 4.90 Å². The molecule has 0 spiro atoms. The highest BCUT2D eigenvalue weighted by molar-refractivity contribution is 5.77. The SMILES string of the molecule is OCCN1CC=Cc2ccccc21.c1ccc2ncccc2c1. The Hall–Kier alpha value is -2.65.